The summed E-state index contributed by atoms with van der Waals surface area (Å²) in [6.07, 6.45) is -3.24. The van der Waals surface area contributed by atoms with Gasteiger partial charge in [0.05, 0.1) is 18.2 Å². The third-order valence-corrected chi connectivity index (χ3v) is 4.39. The van der Waals surface area contributed by atoms with Gasteiger partial charge in [0.25, 0.3) is 5.91 Å². The van der Waals surface area contributed by atoms with Gasteiger partial charge in [0, 0.05) is 12.3 Å². The lowest BCUT2D eigenvalue weighted by molar-refractivity contribution is -0.154. The van der Waals surface area contributed by atoms with Gasteiger partial charge in [-0.05, 0) is 30.2 Å². The van der Waals surface area contributed by atoms with Crippen LogP contribution < -0.4 is 10.1 Å². The second-order valence-corrected chi connectivity index (χ2v) is 6.54. The lowest BCUT2D eigenvalue weighted by Crippen LogP contribution is -2.40. The molecule has 1 saturated heterocycles. The van der Waals surface area contributed by atoms with E-state index >= 15 is 0 Å². The molecule has 2 aromatic rings. The fraction of sp³-hybridized carbons (Fsp3) is 0.263. The number of hydrogen-bond donors (Lipinski definition) is 1. The maximum absolute atomic E-state index is 12.9. The second-order valence-electron chi connectivity index (χ2n) is 6.54. The summed E-state index contributed by atoms with van der Waals surface area (Å²) in [5.74, 6) is -0.713. The summed E-state index contributed by atoms with van der Waals surface area (Å²) in [7, 11) is 0. The maximum Gasteiger partial charge on any atom is 0.422 e. The van der Waals surface area contributed by atoms with E-state index < -0.39 is 30.3 Å². The van der Waals surface area contributed by atoms with Crippen LogP contribution in [0.1, 0.15) is 23.6 Å². The molecule has 0 radical (unpaired) electrons. The Balaban J connectivity index is 1.72. The molecule has 3 rings (SSSR count). The zero-order chi connectivity index (χ0) is 21.2. The highest BCUT2D eigenvalue weighted by Crippen LogP contribution is 2.30. The molecular formula is C19H15F3N4O3. The molecule has 1 aliphatic heterocycles. The van der Waals surface area contributed by atoms with E-state index in [1.807, 2.05) is 6.07 Å². The van der Waals surface area contributed by atoms with Crippen molar-refractivity contribution in [3.8, 4) is 11.9 Å². The van der Waals surface area contributed by atoms with Crippen LogP contribution in [0.3, 0.4) is 0 Å². The monoisotopic (exact) mass is 404 g/mol. The number of hydrogen-bond acceptors (Lipinski definition) is 5. The fourth-order valence-corrected chi connectivity index (χ4v) is 2.84. The molecule has 0 aliphatic carbocycles. The van der Waals surface area contributed by atoms with Gasteiger partial charge in [-0.1, -0.05) is 18.2 Å². The topological polar surface area (TPSA) is 95.3 Å². The molecule has 0 unspecified atom stereocenters. The molecule has 2 heterocycles. The SMILES string of the molecule is C[C@]1(c2ccc(C#N)cc2)NC(=O)N(Cc2ccc(OCC(F)(F)F)nc2)C1=O. The number of pyridine rings is 1. The minimum atomic E-state index is -4.48. The molecule has 0 saturated carbocycles. The van der Waals surface area contributed by atoms with Gasteiger partial charge >= 0.3 is 12.2 Å². The largest absolute Gasteiger partial charge is 0.468 e. The Morgan fingerprint density at radius 1 is 1.21 bits per heavy atom. The highest BCUT2D eigenvalue weighted by Gasteiger charge is 2.48. The van der Waals surface area contributed by atoms with Crippen molar-refractivity contribution in [1.82, 2.24) is 15.2 Å². The van der Waals surface area contributed by atoms with Crippen molar-refractivity contribution in [3.05, 3.63) is 59.3 Å². The molecule has 29 heavy (non-hydrogen) atoms. The number of imide groups is 1. The van der Waals surface area contributed by atoms with Gasteiger partial charge in [0.1, 0.15) is 5.54 Å². The van der Waals surface area contributed by atoms with E-state index in [9.17, 15) is 22.8 Å². The Hall–Kier alpha value is -3.61. The van der Waals surface area contributed by atoms with E-state index in [1.54, 1.807) is 31.2 Å². The van der Waals surface area contributed by atoms with Crippen LogP contribution >= 0.6 is 0 Å². The van der Waals surface area contributed by atoms with E-state index in [0.29, 0.717) is 16.7 Å². The first kappa shape index (κ1) is 20.1. The van der Waals surface area contributed by atoms with Gasteiger partial charge in [-0.3, -0.25) is 9.69 Å². The average Bonchev–Trinajstić information content (AvgIpc) is 2.91. The zero-order valence-electron chi connectivity index (χ0n) is 15.2. The molecule has 7 nitrogen and oxygen atoms in total. The van der Waals surface area contributed by atoms with Crippen molar-refractivity contribution >= 4 is 11.9 Å². The number of halogens is 3. The van der Waals surface area contributed by atoms with Crippen LogP contribution in [0, 0.1) is 11.3 Å². The molecule has 0 bridgehead atoms. The number of nitrogens with zero attached hydrogens (tertiary/aromatic N) is 3. The van der Waals surface area contributed by atoms with Crippen LogP contribution in [0.4, 0.5) is 18.0 Å². The summed E-state index contributed by atoms with van der Waals surface area (Å²) in [5, 5.41) is 11.5. The summed E-state index contributed by atoms with van der Waals surface area (Å²) < 4.78 is 41.1. The van der Waals surface area contributed by atoms with Gasteiger partial charge in [-0.25, -0.2) is 9.78 Å². The highest BCUT2D eigenvalue weighted by molar-refractivity contribution is 6.07. The minimum Gasteiger partial charge on any atom is -0.468 e. The van der Waals surface area contributed by atoms with Gasteiger partial charge in [0.15, 0.2) is 6.61 Å². The molecule has 3 amide bonds. The molecule has 0 spiro atoms. The molecule has 1 atom stereocenters. The van der Waals surface area contributed by atoms with Crippen molar-refractivity contribution in [3.63, 3.8) is 0 Å². The van der Waals surface area contributed by atoms with E-state index in [0.717, 1.165) is 4.90 Å². The van der Waals surface area contributed by atoms with Crippen molar-refractivity contribution < 1.29 is 27.5 Å². The average molecular weight is 404 g/mol. The molecule has 1 aromatic heterocycles. The number of alkyl halides is 3. The molecular weight excluding hydrogens is 389 g/mol. The second kappa shape index (κ2) is 7.43. The number of aromatic nitrogens is 1. The predicted molar refractivity (Wildman–Crippen MR) is 93.4 cm³/mol. The Labute approximate surface area is 163 Å². The first-order valence-corrected chi connectivity index (χ1v) is 8.41. The van der Waals surface area contributed by atoms with E-state index in [-0.39, 0.29) is 12.4 Å². The summed E-state index contributed by atoms with van der Waals surface area (Å²) >= 11 is 0. The molecule has 1 aliphatic rings. The van der Waals surface area contributed by atoms with Gasteiger partial charge in [0.2, 0.25) is 5.88 Å². The van der Waals surface area contributed by atoms with Crippen LogP contribution in [-0.2, 0) is 16.9 Å². The summed E-state index contributed by atoms with van der Waals surface area (Å²) in [5.41, 5.74) is 0.0852. The Morgan fingerprint density at radius 3 is 2.45 bits per heavy atom. The molecule has 1 fully saturated rings. The van der Waals surface area contributed by atoms with Crippen molar-refractivity contribution in [2.24, 2.45) is 0 Å². The first-order valence-electron chi connectivity index (χ1n) is 8.41. The molecule has 1 N–H and O–H groups in total. The predicted octanol–water partition coefficient (Wildman–Crippen LogP) is 2.86. The third kappa shape index (κ3) is 4.29. The van der Waals surface area contributed by atoms with Crippen LogP contribution in [0.5, 0.6) is 5.88 Å². The Morgan fingerprint density at radius 2 is 1.90 bits per heavy atom. The number of ether oxygens (including phenoxy) is 1. The molecule has 10 heteroatoms. The van der Waals surface area contributed by atoms with E-state index in [4.69, 9.17) is 5.26 Å². The van der Waals surface area contributed by atoms with Crippen molar-refractivity contribution in [1.29, 1.82) is 5.26 Å². The number of nitrogens with one attached hydrogen (secondary N) is 1. The number of benzene rings is 1. The lowest BCUT2D eigenvalue weighted by atomic mass is 9.91. The van der Waals surface area contributed by atoms with E-state index in [2.05, 4.69) is 15.0 Å². The third-order valence-electron chi connectivity index (χ3n) is 4.39. The standard InChI is InChI=1S/C19H15F3N4O3/c1-18(14-5-2-12(8-23)3-6-14)16(27)26(17(28)25-18)10-13-4-7-15(24-9-13)29-11-19(20,21)22/h2-7,9H,10-11H2,1H3,(H,25,28)/t18-/m1/s1. The lowest BCUT2D eigenvalue weighted by Gasteiger charge is -2.22. The normalized spacial score (nSPS) is 19.1. The Bertz CT molecular complexity index is 968. The van der Waals surface area contributed by atoms with Gasteiger partial charge in [-0.2, -0.15) is 18.4 Å². The van der Waals surface area contributed by atoms with Crippen LogP contribution in [0.2, 0.25) is 0 Å². The van der Waals surface area contributed by atoms with Crippen molar-refractivity contribution in [2.45, 2.75) is 25.2 Å². The Kier molecular flexibility index (Phi) is 5.16. The number of urea groups is 1. The summed E-state index contributed by atoms with van der Waals surface area (Å²) in [6, 6.07) is 10.3. The summed E-state index contributed by atoms with van der Waals surface area (Å²) in [6.45, 7) is -0.0145. The van der Waals surface area contributed by atoms with Crippen molar-refractivity contribution in [2.75, 3.05) is 6.61 Å². The number of rotatable bonds is 5. The maximum atomic E-state index is 12.9. The number of amides is 3. The molecule has 1 aromatic carbocycles. The first-order chi connectivity index (χ1) is 13.6. The fourth-order valence-electron chi connectivity index (χ4n) is 2.84. The van der Waals surface area contributed by atoms with Gasteiger partial charge < -0.3 is 10.1 Å². The number of carbonyl (C=O) groups is 2. The van der Waals surface area contributed by atoms with Gasteiger partial charge in [-0.15, -0.1) is 0 Å². The quantitative estimate of drug-likeness (QED) is 0.774. The zero-order valence-corrected chi connectivity index (χ0v) is 15.2. The van der Waals surface area contributed by atoms with Crippen LogP contribution in [-0.4, -0.2) is 34.6 Å². The number of carbonyl (C=O) groups excluding carboxylic acids is 2. The number of nitriles is 1. The van der Waals surface area contributed by atoms with Crippen LogP contribution in [0.25, 0.3) is 0 Å². The minimum absolute atomic E-state index is 0.108. The highest BCUT2D eigenvalue weighted by atomic mass is 19.4. The molecule has 150 valence electrons. The smallest absolute Gasteiger partial charge is 0.422 e. The van der Waals surface area contributed by atoms with E-state index in [1.165, 1.54) is 18.3 Å². The van der Waals surface area contributed by atoms with Crippen LogP contribution in [0.15, 0.2) is 42.6 Å². The summed E-state index contributed by atoms with van der Waals surface area (Å²) in [4.78, 5) is 30.0.